The van der Waals surface area contributed by atoms with E-state index in [0.717, 1.165) is 13.1 Å². The summed E-state index contributed by atoms with van der Waals surface area (Å²) in [6, 6.07) is 0.856. The van der Waals surface area contributed by atoms with Gasteiger partial charge < -0.3 is 5.32 Å². The minimum atomic E-state index is -4.10. The molecule has 2 atom stereocenters. The monoisotopic (exact) mass is 296 g/mol. The molecule has 0 spiro atoms. The molecule has 1 aliphatic heterocycles. The van der Waals surface area contributed by atoms with Crippen LogP contribution in [0, 0.1) is 11.8 Å². The van der Waals surface area contributed by atoms with Crippen molar-refractivity contribution in [3.63, 3.8) is 0 Å². The lowest BCUT2D eigenvalue weighted by atomic mass is 9.97. The Balaban J connectivity index is 1.84. The highest BCUT2D eigenvalue weighted by molar-refractivity contribution is 8.00. The van der Waals surface area contributed by atoms with Gasteiger partial charge in [-0.25, -0.2) is 0 Å². The molecule has 2 rings (SSSR count). The molecule has 1 saturated carbocycles. The summed E-state index contributed by atoms with van der Waals surface area (Å²) in [5.41, 5.74) is -4.10. The minimum Gasteiger partial charge on any atom is -0.311 e. The number of rotatable bonds is 5. The van der Waals surface area contributed by atoms with Gasteiger partial charge in [-0.05, 0) is 36.4 Å². The third-order valence-corrected chi connectivity index (χ3v) is 4.82. The highest BCUT2D eigenvalue weighted by atomic mass is 32.2. The van der Waals surface area contributed by atoms with Crippen LogP contribution in [-0.4, -0.2) is 47.9 Å². The lowest BCUT2D eigenvalue weighted by Crippen LogP contribution is -2.59. The van der Waals surface area contributed by atoms with Crippen molar-refractivity contribution in [2.45, 2.75) is 44.3 Å². The maximum atomic E-state index is 12.2. The molecule has 1 aliphatic carbocycles. The van der Waals surface area contributed by atoms with E-state index in [1.165, 1.54) is 12.8 Å². The molecule has 2 fully saturated rings. The van der Waals surface area contributed by atoms with Crippen molar-refractivity contribution in [1.29, 1.82) is 0 Å². The fourth-order valence-electron chi connectivity index (χ4n) is 2.78. The highest BCUT2D eigenvalue weighted by Gasteiger charge is 2.39. The number of hydrogen-bond donors (Lipinski definition) is 1. The molecule has 1 saturated heterocycles. The van der Waals surface area contributed by atoms with Gasteiger partial charge in [0.15, 0.2) is 0 Å². The van der Waals surface area contributed by atoms with Gasteiger partial charge >= 0.3 is 5.51 Å². The maximum Gasteiger partial charge on any atom is 0.441 e. The van der Waals surface area contributed by atoms with Crippen molar-refractivity contribution >= 4 is 11.8 Å². The van der Waals surface area contributed by atoms with Gasteiger partial charge in [0.25, 0.3) is 0 Å². The second kappa shape index (κ2) is 6.22. The Morgan fingerprint density at radius 1 is 1.32 bits per heavy atom. The van der Waals surface area contributed by atoms with Crippen molar-refractivity contribution in [3.05, 3.63) is 0 Å². The zero-order chi connectivity index (χ0) is 14.0. The van der Waals surface area contributed by atoms with Crippen LogP contribution >= 0.6 is 11.8 Å². The van der Waals surface area contributed by atoms with Gasteiger partial charge in [-0.2, -0.15) is 13.2 Å². The Bertz CT molecular complexity index is 292. The predicted octanol–water partition coefficient (Wildman–Crippen LogP) is 2.95. The molecule has 112 valence electrons. The first kappa shape index (κ1) is 15.4. The summed E-state index contributed by atoms with van der Waals surface area (Å²) in [6.07, 6.45) is 2.48. The fraction of sp³-hybridized carbons (Fsp3) is 1.00. The molecule has 6 heteroatoms. The predicted molar refractivity (Wildman–Crippen MR) is 73.2 cm³/mol. The smallest absolute Gasteiger partial charge is 0.311 e. The van der Waals surface area contributed by atoms with Crippen LogP contribution in [0.3, 0.4) is 0 Å². The number of piperazine rings is 1. The minimum absolute atomic E-state index is 0.109. The SMILES string of the molecule is CC(C)C1CN(CCSC(F)(F)F)C(C2CC2)CN1. The van der Waals surface area contributed by atoms with E-state index in [-0.39, 0.29) is 17.5 Å². The van der Waals surface area contributed by atoms with Gasteiger partial charge in [0, 0.05) is 37.5 Å². The van der Waals surface area contributed by atoms with Crippen molar-refractivity contribution in [1.82, 2.24) is 10.2 Å². The Morgan fingerprint density at radius 3 is 2.53 bits per heavy atom. The quantitative estimate of drug-likeness (QED) is 0.840. The molecule has 0 bridgehead atoms. The molecule has 0 aromatic carbocycles. The summed E-state index contributed by atoms with van der Waals surface area (Å²) in [6.45, 7) is 6.70. The first-order valence-corrected chi connectivity index (χ1v) is 8.03. The van der Waals surface area contributed by atoms with Crippen LogP contribution in [-0.2, 0) is 0 Å². The van der Waals surface area contributed by atoms with Gasteiger partial charge in [-0.1, -0.05) is 13.8 Å². The second-order valence-corrected chi connectivity index (χ2v) is 7.11. The van der Waals surface area contributed by atoms with E-state index in [9.17, 15) is 13.2 Å². The lowest BCUT2D eigenvalue weighted by Gasteiger charge is -2.42. The molecule has 1 N–H and O–H groups in total. The largest absolute Gasteiger partial charge is 0.441 e. The molecular formula is C13H23F3N2S. The van der Waals surface area contributed by atoms with Gasteiger partial charge in [0.05, 0.1) is 0 Å². The average Bonchev–Trinajstić information content (AvgIpc) is 3.11. The van der Waals surface area contributed by atoms with Crippen LogP contribution in [0.4, 0.5) is 13.2 Å². The third kappa shape index (κ3) is 4.83. The van der Waals surface area contributed by atoms with Crippen LogP contribution in [0.15, 0.2) is 0 Å². The summed E-state index contributed by atoms with van der Waals surface area (Å²) >= 11 is 0.109. The number of nitrogens with one attached hydrogen (secondary N) is 1. The maximum absolute atomic E-state index is 12.2. The Morgan fingerprint density at radius 2 is 2.00 bits per heavy atom. The first-order valence-electron chi connectivity index (χ1n) is 7.05. The summed E-state index contributed by atoms with van der Waals surface area (Å²) in [7, 11) is 0. The summed E-state index contributed by atoms with van der Waals surface area (Å²) in [4.78, 5) is 2.29. The zero-order valence-corrected chi connectivity index (χ0v) is 12.4. The van der Waals surface area contributed by atoms with Crippen molar-refractivity contribution in [2.75, 3.05) is 25.4 Å². The standard InChI is InChI=1S/C13H23F3N2S/c1-9(2)11-8-18(5-6-19-13(14,15)16)12(7-17-11)10-3-4-10/h9-12,17H,3-8H2,1-2H3. The van der Waals surface area contributed by atoms with E-state index in [1.54, 1.807) is 0 Å². The molecular weight excluding hydrogens is 273 g/mol. The summed E-state index contributed by atoms with van der Waals surface area (Å²) < 4.78 is 36.6. The molecule has 0 aromatic heterocycles. The lowest BCUT2D eigenvalue weighted by molar-refractivity contribution is -0.0330. The molecule has 2 nitrogen and oxygen atoms in total. The summed E-state index contributed by atoms with van der Waals surface area (Å²) in [5.74, 6) is 1.38. The first-order chi connectivity index (χ1) is 8.87. The Hall–Kier alpha value is 0.0600. The molecule has 2 unspecified atom stereocenters. The normalized spacial score (nSPS) is 30.0. The molecule has 2 aliphatic rings. The van der Waals surface area contributed by atoms with E-state index in [1.807, 2.05) is 0 Å². The van der Waals surface area contributed by atoms with Crippen LogP contribution in [0.25, 0.3) is 0 Å². The van der Waals surface area contributed by atoms with E-state index >= 15 is 0 Å². The molecule has 0 aromatic rings. The number of alkyl halides is 3. The number of hydrogen-bond acceptors (Lipinski definition) is 3. The molecule has 19 heavy (non-hydrogen) atoms. The van der Waals surface area contributed by atoms with E-state index in [0.29, 0.717) is 30.5 Å². The van der Waals surface area contributed by atoms with Crippen LogP contribution < -0.4 is 5.32 Å². The van der Waals surface area contributed by atoms with E-state index in [4.69, 9.17) is 0 Å². The van der Waals surface area contributed by atoms with Crippen molar-refractivity contribution in [3.8, 4) is 0 Å². The number of halogens is 3. The number of nitrogens with zero attached hydrogens (tertiary/aromatic N) is 1. The van der Waals surface area contributed by atoms with Crippen molar-refractivity contribution < 1.29 is 13.2 Å². The molecule has 1 heterocycles. The van der Waals surface area contributed by atoms with Crippen LogP contribution in [0.5, 0.6) is 0 Å². The van der Waals surface area contributed by atoms with Crippen LogP contribution in [0.2, 0.25) is 0 Å². The van der Waals surface area contributed by atoms with Crippen LogP contribution in [0.1, 0.15) is 26.7 Å². The number of thioether (sulfide) groups is 1. The molecule has 0 radical (unpaired) electrons. The zero-order valence-electron chi connectivity index (χ0n) is 11.5. The third-order valence-electron chi connectivity index (χ3n) is 4.10. The average molecular weight is 296 g/mol. The second-order valence-electron chi connectivity index (χ2n) is 5.95. The Labute approximate surface area is 117 Å². The van der Waals surface area contributed by atoms with Gasteiger partial charge in [0.2, 0.25) is 0 Å². The van der Waals surface area contributed by atoms with Gasteiger partial charge in [-0.3, -0.25) is 4.90 Å². The van der Waals surface area contributed by atoms with E-state index in [2.05, 4.69) is 24.1 Å². The van der Waals surface area contributed by atoms with E-state index < -0.39 is 5.51 Å². The van der Waals surface area contributed by atoms with Crippen molar-refractivity contribution in [2.24, 2.45) is 11.8 Å². The Kier molecular flexibility index (Phi) is 5.06. The highest BCUT2D eigenvalue weighted by Crippen LogP contribution is 2.37. The summed E-state index contributed by atoms with van der Waals surface area (Å²) in [5, 5.41) is 3.56. The van der Waals surface area contributed by atoms with Gasteiger partial charge in [0.1, 0.15) is 0 Å². The fourth-order valence-corrected chi connectivity index (χ4v) is 3.34. The molecule has 0 amide bonds. The topological polar surface area (TPSA) is 15.3 Å². The van der Waals surface area contributed by atoms with Gasteiger partial charge in [-0.15, -0.1) is 0 Å².